The van der Waals surface area contributed by atoms with E-state index >= 15 is 0 Å². The molecule has 0 aliphatic carbocycles. The number of benzene rings is 4. The second-order valence-electron chi connectivity index (χ2n) is 8.46. The van der Waals surface area contributed by atoms with Crippen LogP contribution < -0.4 is 14.8 Å². The van der Waals surface area contributed by atoms with Crippen molar-refractivity contribution in [2.75, 3.05) is 5.32 Å². The number of aryl methyl sites for hydroxylation is 1. The SMILES string of the molecule is CCCCc1ccc(COc2ccc(C(=O)Nc3ccccc3OCc3ccccc3)cc2)cc1. The van der Waals surface area contributed by atoms with Gasteiger partial charge in [-0.2, -0.15) is 0 Å². The average Bonchev–Trinajstić information content (AvgIpc) is 2.91. The van der Waals surface area contributed by atoms with Crippen LogP contribution in [-0.4, -0.2) is 5.91 Å². The van der Waals surface area contributed by atoms with Crippen LogP contribution in [0.3, 0.4) is 0 Å². The highest BCUT2D eigenvalue weighted by Crippen LogP contribution is 2.26. The third-order valence-electron chi connectivity index (χ3n) is 5.74. The summed E-state index contributed by atoms with van der Waals surface area (Å²) >= 11 is 0. The third kappa shape index (κ3) is 7.21. The van der Waals surface area contributed by atoms with Crippen molar-refractivity contribution in [1.82, 2.24) is 0 Å². The van der Waals surface area contributed by atoms with E-state index in [0.717, 1.165) is 23.3 Å². The van der Waals surface area contributed by atoms with Crippen LogP contribution in [0, 0.1) is 0 Å². The topological polar surface area (TPSA) is 47.6 Å². The predicted molar refractivity (Wildman–Crippen MR) is 141 cm³/mol. The van der Waals surface area contributed by atoms with Gasteiger partial charge in [0.05, 0.1) is 5.69 Å². The van der Waals surface area contributed by atoms with Crippen molar-refractivity contribution in [3.8, 4) is 11.5 Å². The fraction of sp³-hybridized carbons (Fsp3) is 0.194. The van der Waals surface area contributed by atoms with E-state index in [1.165, 1.54) is 18.4 Å². The minimum Gasteiger partial charge on any atom is -0.489 e. The number of carbonyl (C=O) groups is 1. The molecule has 0 unspecified atom stereocenters. The van der Waals surface area contributed by atoms with Crippen LogP contribution in [0.15, 0.2) is 103 Å². The molecule has 178 valence electrons. The number of para-hydroxylation sites is 2. The number of rotatable bonds is 11. The highest BCUT2D eigenvalue weighted by atomic mass is 16.5. The molecule has 4 aromatic carbocycles. The Balaban J connectivity index is 1.31. The lowest BCUT2D eigenvalue weighted by Gasteiger charge is -2.13. The maximum atomic E-state index is 12.8. The number of anilines is 1. The Labute approximate surface area is 207 Å². The Morgan fingerprint density at radius 3 is 2.06 bits per heavy atom. The van der Waals surface area contributed by atoms with Gasteiger partial charge in [-0.3, -0.25) is 4.79 Å². The lowest BCUT2D eigenvalue weighted by molar-refractivity contribution is 0.102. The summed E-state index contributed by atoms with van der Waals surface area (Å²) in [6.45, 7) is 3.13. The van der Waals surface area contributed by atoms with Crippen LogP contribution in [0.4, 0.5) is 5.69 Å². The molecule has 4 rings (SSSR count). The van der Waals surface area contributed by atoms with E-state index < -0.39 is 0 Å². The van der Waals surface area contributed by atoms with Gasteiger partial charge in [-0.15, -0.1) is 0 Å². The van der Waals surface area contributed by atoms with E-state index in [0.29, 0.717) is 30.2 Å². The van der Waals surface area contributed by atoms with E-state index in [1.807, 2.05) is 66.7 Å². The standard InChI is InChI=1S/C31H31NO3/c1-2-3-9-24-14-16-26(17-15-24)22-34-28-20-18-27(19-21-28)31(33)32-29-12-7-8-13-30(29)35-23-25-10-5-4-6-11-25/h4-8,10-21H,2-3,9,22-23H2,1H3,(H,32,33). The van der Waals surface area contributed by atoms with Crippen molar-refractivity contribution in [3.05, 3.63) is 125 Å². The van der Waals surface area contributed by atoms with Gasteiger partial charge < -0.3 is 14.8 Å². The molecule has 0 aliphatic rings. The van der Waals surface area contributed by atoms with Gasteiger partial charge in [0.25, 0.3) is 5.91 Å². The first-order valence-electron chi connectivity index (χ1n) is 12.1. The largest absolute Gasteiger partial charge is 0.489 e. The van der Waals surface area contributed by atoms with Crippen molar-refractivity contribution in [1.29, 1.82) is 0 Å². The average molecular weight is 466 g/mol. The molecular weight excluding hydrogens is 434 g/mol. The lowest BCUT2D eigenvalue weighted by Crippen LogP contribution is -2.13. The van der Waals surface area contributed by atoms with Gasteiger partial charge in [0.2, 0.25) is 0 Å². The first kappa shape index (κ1) is 24.1. The van der Waals surface area contributed by atoms with Gasteiger partial charge >= 0.3 is 0 Å². The number of amides is 1. The highest BCUT2D eigenvalue weighted by molar-refractivity contribution is 6.05. The molecule has 0 radical (unpaired) electrons. The molecule has 0 atom stereocenters. The molecule has 0 saturated carbocycles. The van der Waals surface area contributed by atoms with Crippen LogP contribution in [0.25, 0.3) is 0 Å². The minimum atomic E-state index is -0.199. The zero-order valence-corrected chi connectivity index (χ0v) is 20.1. The summed E-state index contributed by atoms with van der Waals surface area (Å²) in [7, 11) is 0. The second-order valence-corrected chi connectivity index (χ2v) is 8.46. The Hall–Kier alpha value is -4.05. The summed E-state index contributed by atoms with van der Waals surface area (Å²) in [5.74, 6) is 1.16. The number of hydrogen-bond donors (Lipinski definition) is 1. The van der Waals surface area contributed by atoms with Crippen molar-refractivity contribution in [2.24, 2.45) is 0 Å². The molecular formula is C31H31NO3. The predicted octanol–water partition coefficient (Wildman–Crippen LogP) is 7.44. The number of carbonyl (C=O) groups excluding carboxylic acids is 1. The molecule has 0 bridgehead atoms. The summed E-state index contributed by atoms with van der Waals surface area (Å²) in [6, 6.07) is 33.1. The van der Waals surface area contributed by atoms with E-state index in [-0.39, 0.29) is 5.91 Å². The Morgan fingerprint density at radius 2 is 1.31 bits per heavy atom. The van der Waals surface area contributed by atoms with Crippen molar-refractivity contribution in [3.63, 3.8) is 0 Å². The summed E-state index contributed by atoms with van der Waals surface area (Å²) in [5.41, 5.74) is 4.74. The van der Waals surface area contributed by atoms with Crippen LogP contribution >= 0.6 is 0 Å². The molecule has 1 amide bonds. The summed E-state index contributed by atoms with van der Waals surface area (Å²) in [4.78, 5) is 12.8. The smallest absolute Gasteiger partial charge is 0.255 e. The number of unbranched alkanes of at least 4 members (excludes halogenated alkanes) is 1. The molecule has 1 N–H and O–H groups in total. The maximum absolute atomic E-state index is 12.8. The fourth-order valence-electron chi connectivity index (χ4n) is 3.68. The molecule has 0 spiro atoms. The molecule has 4 heteroatoms. The molecule has 0 fully saturated rings. The zero-order chi connectivity index (χ0) is 24.3. The van der Waals surface area contributed by atoms with E-state index in [2.05, 4.69) is 36.5 Å². The molecule has 0 heterocycles. The zero-order valence-electron chi connectivity index (χ0n) is 20.1. The van der Waals surface area contributed by atoms with E-state index in [9.17, 15) is 4.79 Å². The monoisotopic (exact) mass is 465 g/mol. The van der Waals surface area contributed by atoms with Gasteiger partial charge in [-0.05, 0) is 65.9 Å². The normalized spacial score (nSPS) is 10.5. The van der Waals surface area contributed by atoms with Crippen LogP contribution in [-0.2, 0) is 19.6 Å². The summed E-state index contributed by atoms with van der Waals surface area (Å²) in [5, 5.41) is 2.96. The number of nitrogens with one attached hydrogen (secondary N) is 1. The first-order chi connectivity index (χ1) is 17.2. The molecule has 0 saturated heterocycles. The Bertz CT molecular complexity index is 1200. The van der Waals surface area contributed by atoms with Gasteiger partial charge in [-0.1, -0.05) is 80.1 Å². The quantitative estimate of drug-likeness (QED) is 0.250. The van der Waals surface area contributed by atoms with Gasteiger partial charge in [-0.25, -0.2) is 0 Å². The van der Waals surface area contributed by atoms with Crippen molar-refractivity contribution >= 4 is 11.6 Å². The van der Waals surface area contributed by atoms with Crippen molar-refractivity contribution in [2.45, 2.75) is 39.4 Å². The Morgan fingerprint density at radius 1 is 0.686 bits per heavy atom. The number of ether oxygens (including phenoxy) is 2. The van der Waals surface area contributed by atoms with Crippen molar-refractivity contribution < 1.29 is 14.3 Å². The minimum absolute atomic E-state index is 0.199. The third-order valence-corrected chi connectivity index (χ3v) is 5.74. The molecule has 35 heavy (non-hydrogen) atoms. The molecule has 4 nitrogen and oxygen atoms in total. The van der Waals surface area contributed by atoms with Gasteiger partial charge in [0.15, 0.2) is 0 Å². The number of hydrogen-bond acceptors (Lipinski definition) is 3. The summed E-state index contributed by atoms with van der Waals surface area (Å²) < 4.78 is 11.9. The van der Waals surface area contributed by atoms with E-state index in [4.69, 9.17) is 9.47 Å². The Kier molecular flexibility index (Phi) is 8.55. The van der Waals surface area contributed by atoms with Gasteiger partial charge in [0.1, 0.15) is 24.7 Å². The second kappa shape index (κ2) is 12.4. The molecule has 0 aliphatic heterocycles. The summed E-state index contributed by atoms with van der Waals surface area (Å²) in [6.07, 6.45) is 3.53. The van der Waals surface area contributed by atoms with E-state index in [1.54, 1.807) is 12.1 Å². The van der Waals surface area contributed by atoms with Crippen LogP contribution in [0.5, 0.6) is 11.5 Å². The van der Waals surface area contributed by atoms with Crippen LogP contribution in [0.1, 0.15) is 46.8 Å². The lowest BCUT2D eigenvalue weighted by atomic mass is 10.1. The highest BCUT2D eigenvalue weighted by Gasteiger charge is 2.10. The molecule has 0 aromatic heterocycles. The molecule has 4 aromatic rings. The first-order valence-corrected chi connectivity index (χ1v) is 12.1. The fourth-order valence-corrected chi connectivity index (χ4v) is 3.68. The maximum Gasteiger partial charge on any atom is 0.255 e. The van der Waals surface area contributed by atoms with Crippen LogP contribution in [0.2, 0.25) is 0 Å². The van der Waals surface area contributed by atoms with Gasteiger partial charge in [0, 0.05) is 5.56 Å².